The number of hydrogen-bond acceptors (Lipinski definition) is 1. The number of nitrogens with zero attached hydrogens (tertiary/aromatic N) is 3. The second-order valence-electron chi connectivity index (χ2n) is 2.17. The summed E-state index contributed by atoms with van der Waals surface area (Å²) >= 11 is 11.5. The van der Waals surface area contributed by atoms with Crippen LogP contribution in [0.3, 0.4) is 0 Å². The number of hydrogen-bond donors (Lipinski definition) is 0. The van der Waals surface area contributed by atoms with Crippen molar-refractivity contribution in [2.45, 2.75) is 6.42 Å². The van der Waals surface area contributed by atoms with Crippen LogP contribution in [0.5, 0.6) is 0 Å². The quantitative estimate of drug-likeness (QED) is 0.352. The molecule has 0 unspecified atom stereocenters. The van der Waals surface area contributed by atoms with Gasteiger partial charge in [-0.3, -0.25) is 0 Å². The van der Waals surface area contributed by atoms with Gasteiger partial charge in [0.05, 0.1) is 5.03 Å². The van der Waals surface area contributed by atoms with Gasteiger partial charge in [-0.05, 0) is 17.2 Å². The molecule has 0 aromatic carbocycles. The molecular weight excluding hydrogens is 197 g/mol. The molecule has 1 aliphatic rings. The molecule has 1 rings (SSSR count). The van der Waals surface area contributed by atoms with Gasteiger partial charge < -0.3 is 0 Å². The predicted molar refractivity (Wildman–Crippen MR) is 49.7 cm³/mol. The Kier molecular flexibility index (Phi) is 3.23. The molecule has 0 radical (unpaired) electrons. The summed E-state index contributed by atoms with van der Waals surface area (Å²) < 4.78 is 0. The van der Waals surface area contributed by atoms with Crippen LogP contribution in [-0.2, 0) is 0 Å². The largest absolute Gasteiger partial charge is 0.0872 e. The number of rotatable bonds is 1. The summed E-state index contributed by atoms with van der Waals surface area (Å²) in [6, 6.07) is 0. The van der Waals surface area contributed by atoms with Gasteiger partial charge in [-0.25, -0.2) is 0 Å². The van der Waals surface area contributed by atoms with Gasteiger partial charge >= 0.3 is 0 Å². The third-order valence-electron chi connectivity index (χ3n) is 1.34. The maximum Gasteiger partial charge on any atom is 0.0554 e. The van der Waals surface area contributed by atoms with E-state index in [0.717, 1.165) is 5.57 Å². The van der Waals surface area contributed by atoms with Gasteiger partial charge in [0.2, 0.25) is 0 Å². The molecule has 0 aromatic heterocycles. The lowest BCUT2D eigenvalue weighted by Crippen LogP contribution is -1.87. The highest BCUT2D eigenvalue weighted by atomic mass is 35.5. The number of allylic oxidation sites excluding steroid dienone is 5. The highest BCUT2D eigenvalue weighted by molar-refractivity contribution is 6.40. The van der Waals surface area contributed by atoms with E-state index in [1.165, 1.54) is 6.20 Å². The zero-order chi connectivity index (χ0) is 8.97. The Morgan fingerprint density at radius 3 is 2.83 bits per heavy atom. The molecule has 0 amide bonds. The summed E-state index contributed by atoms with van der Waals surface area (Å²) in [6.45, 7) is 0. The zero-order valence-electron chi connectivity index (χ0n) is 6.04. The minimum absolute atomic E-state index is 0.524. The van der Waals surface area contributed by atoms with E-state index in [0.29, 0.717) is 16.5 Å². The summed E-state index contributed by atoms with van der Waals surface area (Å²) in [5, 5.41) is 4.40. The monoisotopic (exact) mass is 201 g/mol. The molecule has 0 spiro atoms. The highest BCUT2D eigenvalue weighted by Gasteiger charge is 2.06. The van der Waals surface area contributed by atoms with Crippen LogP contribution in [0, 0.1) is 0 Å². The van der Waals surface area contributed by atoms with Crippen molar-refractivity contribution >= 4 is 23.2 Å². The molecule has 5 heteroatoms. The molecule has 0 heterocycles. The Labute approximate surface area is 79.6 Å². The second kappa shape index (κ2) is 4.21. The minimum Gasteiger partial charge on any atom is -0.0872 e. The van der Waals surface area contributed by atoms with Crippen molar-refractivity contribution in [3.05, 3.63) is 44.4 Å². The number of azide groups is 1. The van der Waals surface area contributed by atoms with Gasteiger partial charge in [-0.2, -0.15) is 0 Å². The third kappa shape index (κ3) is 2.31. The molecular formula is C7H5Cl2N3. The summed E-state index contributed by atoms with van der Waals surface area (Å²) in [4.78, 5) is 2.60. The maximum absolute atomic E-state index is 8.03. The van der Waals surface area contributed by atoms with Gasteiger partial charge in [0.25, 0.3) is 0 Å². The van der Waals surface area contributed by atoms with Crippen molar-refractivity contribution in [2.75, 3.05) is 0 Å². The van der Waals surface area contributed by atoms with Crippen LogP contribution < -0.4 is 0 Å². The van der Waals surface area contributed by atoms with Gasteiger partial charge in [-0.1, -0.05) is 34.4 Å². The van der Waals surface area contributed by atoms with Crippen molar-refractivity contribution in [1.29, 1.82) is 0 Å². The van der Waals surface area contributed by atoms with E-state index in [1.54, 1.807) is 12.2 Å². The van der Waals surface area contributed by atoms with Gasteiger partial charge in [-0.15, -0.1) is 0 Å². The Morgan fingerprint density at radius 2 is 2.25 bits per heavy atom. The van der Waals surface area contributed by atoms with Gasteiger partial charge in [0, 0.05) is 22.6 Å². The summed E-state index contributed by atoms with van der Waals surface area (Å²) in [5.41, 5.74) is 8.88. The molecule has 1 aliphatic carbocycles. The molecule has 0 fully saturated rings. The van der Waals surface area contributed by atoms with Crippen molar-refractivity contribution in [3.8, 4) is 0 Å². The van der Waals surface area contributed by atoms with E-state index < -0.39 is 0 Å². The SMILES string of the molecule is [N-]=[N+]=NC=C1C=CC(Cl)=C(Cl)C1. The first kappa shape index (κ1) is 9.20. The van der Waals surface area contributed by atoms with Crippen LogP contribution in [0.2, 0.25) is 0 Å². The average Bonchev–Trinajstić information content (AvgIpc) is 2.07. The van der Waals surface area contributed by atoms with Crippen molar-refractivity contribution in [3.63, 3.8) is 0 Å². The Hall–Kier alpha value is -0.890. The molecule has 0 saturated carbocycles. The first-order valence-electron chi connectivity index (χ1n) is 3.19. The first-order valence-corrected chi connectivity index (χ1v) is 3.95. The molecule has 0 N–H and O–H groups in total. The summed E-state index contributed by atoms with van der Waals surface area (Å²) in [6.07, 6.45) is 5.38. The maximum atomic E-state index is 8.03. The van der Waals surface area contributed by atoms with Gasteiger partial charge in [0.15, 0.2) is 0 Å². The van der Waals surface area contributed by atoms with E-state index >= 15 is 0 Å². The topological polar surface area (TPSA) is 48.8 Å². The molecule has 0 atom stereocenters. The van der Waals surface area contributed by atoms with E-state index in [9.17, 15) is 0 Å². The lowest BCUT2D eigenvalue weighted by molar-refractivity contribution is 1.20. The van der Waals surface area contributed by atoms with Crippen molar-refractivity contribution in [2.24, 2.45) is 5.11 Å². The molecule has 0 aromatic rings. The van der Waals surface area contributed by atoms with Crippen molar-refractivity contribution < 1.29 is 0 Å². The van der Waals surface area contributed by atoms with E-state index in [4.69, 9.17) is 28.7 Å². The third-order valence-corrected chi connectivity index (χ3v) is 2.13. The van der Waals surface area contributed by atoms with Crippen molar-refractivity contribution in [1.82, 2.24) is 0 Å². The van der Waals surface area contributed by atoms with E-state index in [1.807, 2.05) is 0 Å². The standard InChI is InChI=1S/C7H5Cl2N3/c8-6-2-1-5(3-7(6)9)4-11-12-10/h1-2,4H,3H2. The highest BCUT2D eigenvalue weighted by Crippen LogP contribution is 2.27. The van der Waals surface area contributed by atoms with E-state index in [-0.39, 0.29) is 0 Å². The fraction of sp³-hybridized carbons (Fsp3) is 0.143. The number of halogens is 2. The first-order chi connectivity index (χ1) is 5.74. The van der Waals surface area contributed by atoms with Crippen LogP contribution in [0.4, 0.5) is 0 Å². The second-order valence-corrected chi connectivity index (χ2v) is 3.04. The Bertz CT molecular complexity index is 322. The Balaban J connectivity index is 2.81. The zero-order valence-corrected chi connectivity index (χ0v) is 7.55. The molecule has 0 saturated heterocycles. The van der Waals surface area contributed by atoms with Gasteiger partial charge in [0.1, 0.15) is 0 Å². The van der Waals surface area contributed by atoms with Crippen LogP contribution >= 0.6 is 23.2 Å². The lowest BCUT2D eigenvalue weighted by Gasteiger charge is -2.06. The average molecular weight is 202 g/mol. The molecule has 0 aliphatic heterocycles. The summed E-state index contributed by atoms with van der Waals surface area (Å²) in [5.74, 6) is 0. The molecule has 3 nitrogen and oxygen atoms in total. The smallest absolute Gasteiger partial charge is 0.0554 e. The fourth-order valence-electron chi connectivity index (χ4n) is 0.782. The fourth-order valence-corrected chi connectivity index (χ4v) is 1.13. The molecule has 0 bridgehead atoms. The molecule has 62 valence electrons. The van der Waals surface area contributed by atoms with E-state index in [2.05, 4.69) is 10.0 Å². The van der Waals surface area contributed by atoms with Crippen LogP contribution in [0.1, 0.15) is 6.42 Å². The minimum atomic E-state index is 0.524. The van der Waals surface area contributed by atoms with Crippen LogP contribution in [0.15, 0.2) is 39.1 Å². The molecule has 12 heavy (non-hydrogen) atoms. The summed E-state index contributed by atoms with van der Waals surface area (Å²) in [7, 11) is 0. The normalized spacial score (nSPS) is 19.7. The Morgan fingerprint density at radius 1 is 1.50 bits per heavy atom. The lowest BCUT2D eigenvalue weighted by atomic mass is 10.1. The predicted octanol–water partition coefficient (Wildman–Crippen LogP) is 3.83. The van der Waals surface area contributed by atoms with Crippen LogP contribution in [-0.4, -0.2) is 0 Å². The van der Waals surface area contributed by atoms with Crippen LogP contribution in [0.25, 0.3) is 10.4 Å².